The number of urea groups is 1. The Hall–Kier alpha value is -1.76. The van der Waals surface area contributed by atoms with Crippen molar-refractivity contribution in [2.45, 2.75) is 39.5 Å². The van der Waals surface area contributed by atoms with E-state index in [-0.39, 0.29) is 11.6 Å². The molecule has 0 aliphatic rings. The Morgan fingerprint density at radius 3 is 2.50 bits per heavy atom. The van der Waals surface area contributed by atoms with Gasteiger partial charge in [-0.15, -0.1) is 0 Å². The van der Waals surface area contributed by atoms with Gasteiger partial charge in [0.05, 0.1) is 11.7 Å². The summed E-state index contributed by atoms with van der Waals surface area (Å²) in [5, 5.41) is 14.2. The molecule has 0 saturated carbocycles. The fourth-order valence-electron chi connectivity index (χ4n) is 2.03. The topological polar surface area (TPSA) is 61.4 Å². The van der Waals surface area contributed by atoms with Crippen molar-refractivity contribution < 1.29 is 23.1 Å². The van der Waals surface area contributed by atoms with Crippen LogP contribution in [-0.2, 0) is 6.18 Å². The van der Waals surface area contributed by atoms with Crippen molar-refractivity contribution in [1.29, 1.82) is 0 Å². The van der Waals surface area contributed by atoms with Gasteiger partial charge in [0.25, 0.3) is 0 Å². The van der Waals surface area contributed by atoms with Gasteiger partial charge < -0.3 is 15.7 Å². The summed E-state index contributed by atoms with van der Waals surface area (Å²) in [5.41, 5.74) is -0.147. The largest absolute Gasteiger partial charge is 0.416 e. The van der Waals surface area contributed by atoms with Crippen LogP contribution in [0.25, 0.3) is 0 Å². The highest BCUT2D eigenvalue weighted by atomic mass is 19.4. The van der Waals surface area contributed by atoms with Crippen molar-refractivity contribution in [3.63, 3.8) is 0 Å². The Labute approximate surface area is 127 Å². The van der Waals surface area contributed by atoms with E-state index in [1.54, 1.807) is 13.8 Å². The average Bonchev–Trinajstić information content (AvgIpc) is 2.37. The molecule has 0 aliphatic carbocycles. The fraction of sp³-hybridized carbons (Fsp3) is 0.533. The van der Waals surface area contributed by atoms with E-state index >= 15 is 0 Å². The molecule has 124 valence electrons. The van der Waals surface area contributed by atoms with Gasteiger partial charge >= 0.3 is 12.2 Å². The lowest BCUT2D eigenvalue weighted by Crippen LogP contribution is -2.33. The number of hydrogen-bond donors (Lipinski definition) is 3. The lowest BCUT2D eigenvalue weighted by Gasteiger charge is -2.16. The summed E-state index contributed by atoms with van der Waals surface area (Å²) in [6, 6.07) is 2.63. The molecule has 2 atom stereocenters. The highest BCUT2D eigenvalue weighted by Gasteiger charge is 2.30. The Morgan fingerprint density at radius 1 is 1.32 bits per heavy atom. The van der Waals surface area contributed by atoms with Gasteiger partial charge in [-0.3, -0.25) is 0 Å². The van der Waals surface area contributed by atoms with Crippen LogP contribution in [0.5, 0.6) is 0 Å². The van der Waals surface area contributed by atoms with Gasteiger partial charge in [-0.2, -0.15) is 13.2 Å². The highest BCUT2D eigenvalue weighted by Crippen LogP contribution is 2.31. The van der Waals surface area contributed by atoms with Crippen LogP contribution in [0.3, 0.4) is 0 Å². The summed E-state index contributed by atoms with van der Waals surface area (Å²) < 4.78 is 38.0. The zero-order valence-corrected chi connectivity index (χ0v) is 12.8. The van der Waals surface area contributed by atoms with Crippen LogP contribution in [0.2, 0.25) is 0 Å². The van der Waals surface area contributed by atoms with Crippen LogP contribution < -0.4 is 10.6 Å². The maximum atomic E-state index is 12.7. The van der Waals surface area contributed by atoms with Gasteiger partial charge in [0.15, 0.2) is 0 Å². The summed E-state index contributed by atoms with van der Waals surface area (Å²) >= 11 is 0. The molecule has 0 radical (unpaired) electrons. The second kappa shape index (κ2) is 7.49. The average molecular weight is 318 g/mol. The summed E-state index contributed by atoms with van der Waals surface area (Å²) in [4.78, 5) is 11.7. The summed E-state index contributed by atoms with van der Waals surface area (Å²) in [6.07, 6.45) is -4.39. The molecule has 0 aliphatic heterocycles. The van der Waals surface area contributed by atoms with Crippen molar-refractivity contribution in [3.8, 4) is 0 Å². The molecule has 3 N–H and O–H groups in total. The predicted octanol–water partition coefficient (Wildman–Crippen LogP) is 3.54. The number of carbonyl (C=O) groups excluding carboxylic acids is 1. The van der Waals surface area contributed by atoms with Gasteiger partial charge in [-0.25, -0.2) is 4.79 Å². The third kappa shape index (κ3) is 5.93. The molecule has 1 rings (SSSR count). The monoisotopic (exact) mass is 318 g/mol. The first-order chi connectivity index (χ1) is 10.1. The van der Waals surface area contributed by atoms with E-state index in [9.17, 15) is 23.1 Å². The van der Waals surface area contributed by atoms with Crippen LogP contribution in [-0.4, -0.2) is 23.8 Å². The zero-order valence-electron chi connectivity index (χ0n) is 12.8. The number of aliphatic hydroxyl groups is 1. The molecule has 1 aromatic rings. The molecule has 2 unspecified atom stereocenters. The van der Waals surface area contributed by atoms with Crippen LogP contribution in [0, 0.1) is 12.8 Å². The van der Waals surface area contributed by atoms with Crippen molar-refractivity contribution >= 4 is 11.7 Å². The van der Waals surface area contributed by atoms with E-state index in [4.69, 9.17) is 0 Å². The number of alkyl halides is 3. The molecule has 4 nitrogen and oxygen atoms in total. The predicted molar refractivity (Wildman–Crippen MR) is 78.7 cm³/mol. The summed E-state index contributed by atoms with van der Waals surface area (Å²) in [6.45, 7) is 5.46. The SMILES string of the molecule is Cc1ccc(C(F)(F)F)cc1NC(=O)NCC(C)CC(C)O. The molecule has 0 bridgehead atoms. The second-order valence-electron chi connectivity index (χ2n) is 5.55. The Balaban J connectivity index is 2.64. The number of aliphatic hydroxyl groups excluding tert-OH is 1. The number of carbonyl (C=O) groups is 1. The quantitative estimate of drug-likeness (QED) is 0.777. The van der Waals surface area contributed by atoms with Crippen molar-refractivity contribution in [3.05, 3.63) is 29.3 Å². The number of anilines is 1. The molecular weight excluding hydrogens is 297 g/mol. The fourth-order valence-corrected chi connectivity index (χ4v) is 2.03. The minimum atomic E-state index is -4.45. The first-order valence-electron chi connectivity index (χ1n) is 7.00. The van der Waals surface area contributed by atoms with E-state index in [1.165, 1.54) is 6.07 Å². The lowest BCUT2D eigenvalue weighted by molar-refractivity contribution is -0.137. The molecule has 1 aromatic carbocycles. The standard InChI is InChI=1S/C15H21F3N2O2/c1-9(6-11(3)21)8-19-14(22)20-13-7-12(15(16,17)18)5-4-10(13)2/h4-5,7,9,11,21H,6,8H2,1-3H3,(H2,19,20,22). The van der Waals surface area contributed by atoms with Crippen LogP contribution in [0.15, 0.2) is 18.2 Å². The molecule has 0 spiro atoms. The molecular formula is C15H21F3N2O2. The molecule has 0 heterocycles. The smallest absolute Gasteiger partial charge is 0.393 e. The third-order valence-electron chi connectivity index (χ3n) is 3.17. The van der Waals surface area contributed by atoms with Crippen molar-refractivity contribution in [1.82, 2.24) is 5.32 Å². The number of nitrogens with one attached hydrogen (secondary N) is 2. The van der Waals surface area contributed by atoms with Gasteiger partial charge in [0.2, 0.25) is 0 Å². The van der Waals surface area contributed by atoms with Gasteiger partial charge in [0.1, 0.15) is 0 Å². The van der Waals surface area contributed by atoms with E-state index in [1.807, 2.05) is 6.92 Å². The molecule has 0 saturated heterocycles. The van der Waals surface area contributed by atoms with Crippen LogP contribution in [0.4, 0.5) is 23.7 Å². The van der Waals surface area contributed by atoms with E-state index < -0.39 is 23.9 Å². The normalized spacial score (nSPS) is 14.3. The van der Waals surface area contributed by atoms with Gasteiger partial charge in [-0.1, -0.05) is 13.0 Å². The number of halogens is 3. The molecule has 0 fully saturated rings. The number of benzene rings is 1. The first kappa shape index (κ1) is 18.3. The molecule has 22 heavy (non-hydrogen) atoms. The Kier molecular flexibility index (Phi) is 6.22. The van der Waals surface area contributed by atoms with E-state index in [0.29, 0.717) is 18.5 Å². The summed E-state index contributed by atoms with van der Waals surface area (Å²) in [5.74, 6) is 0.0633. The minimum absolute atomic E-state index is 0.0633. The number of aryl methyl sites for hydroxylation is 1. The minimum Gasteiger partial charge on any atom is -0.393 e. The number of rotatable bonds is 5. The third-order valence-corrected chi connectivity index (χ3v) is 3.17. The van der Waals surface area contributed by atoms with Gasteiger partial charge in [0, 0.05) is 12.2 Å². The molecule has 2 amide bonds. The van der Waals surface area contributed by atoms with Gasteiger partial charge in [-0.05, 0) is 43.9 Å². The Morgan fingerprint density at radius 2 is 1.95 bits per heavy atom. The molecule has 7 heteroatoms. The lowest BCUT2D eigenvalue weighted by atomic mass is 10.1. The maximum Gasteiger partial charge on any atom is 0.416 e. The highest BCUT2D eigenvalue weighted by molar-refractivity contribution is 5.90. The van der Waals surface area contributed by atoms with Crippen LogP contribution >= 0.6 is 0 Å². The van der Waals surface area contributed by atoms with Crippen molar-refractivity contribution in [2.75, 3.05) is 11.9 Å². The van der Waals surface area contributed by atoms with Crippen LogP contribution in [0.1, 0.15) is 31.4 Å². The maximum absolute atomic E-state index is 12.7. The first-order valence-corrected chi connectivity index (χ1v) is 7.00. The Bertz CT molecular complexity index is 516. The second-order valence-corrected chi connectivity index (χ2v) is 5.55. The van der Waals surface area contributed by atoms with Crippen molar-refractivity contribution in [2.24, 2.45) is 5.92 Å². The van der Waals surface area contributed by atoms with E-state index in [2.05, 4.69) is 10.6 Å². The van der Waals surface area contributed by atoms with E-state index in [0.717, 1.165) is 12.1 Å². The number of hydrogen-bond acceptors (Lipinski definition) is 2. The zero-order chi connectivity index (χ0) is 16.9. The number of amides is 2. The summed E-state index contributed by atoms with van der Waals surface area (Å²) in [7, 11) is 0. The molecule has 0 aromatic heterocycles.